The highest BCUT2D eigenvalue weighted by Gasteiger charge is 2.22. The fourth-order valence-corrected chi connectivity index (χ4v) is 3.47. The number of fused-ring (bicyclic) bond motifs is 1. The van der Waals surface area contributed by atoms with E-state index in [2.05, 4.69) is 34.6 Å². The summed E-state index contributed by atoms with van der Waals surface area (Å²) in [7, 11) is 0. The normalized spacial score (nSPS) is 19.8. The van der Waals surface area contributed by atoms with Gasteiger partial charge in [0.15, 0.2) is 0 Å². The van der Waals surface area contributed by atoms with Gasteiger partial charge < -0.3 is 5.11 Å². The molecule has 1 aromatic heterocycles. The Morgan fingerprint density at radius 1 is 1.50 bits per heavy atom. The largest absolute Gasteiger partial charge is 0.387 e. The van der Waals surface area contributed by atoms with E-state index in [4.69, 9.17) is 0 Å². The highest BCUT2D eigenvalue weighted by atomic mass is 32.2. The van der Waals surface area contributed by atoms with Gasteiger partial charge in [0.05, 0.1) is 18.8 Å². The molecule has 2 unspecified atom stereocenters. The topological polar surface area (TPSA) is 50.9 Å². The van der Waals surface area contributed by atoms with E-state index >= 15 is 0 Å². The van der Waals surface area contributed by atoms with Gasteiger partial charge in [-0.15, -0.1) is 16.9 Å². The average Bonchev–Trinajstić information content (AvgIpc) is 2.94. The Bertz CT molecular complexity index is 528. The third-order valence-electron chi connectivity index (χ3n) is 3.09. The lowest BCUT2D eigenvalue weighted by Crippen LogP contribution is -2.12. The molecule has 0 saturated heterocycles. The summed E-state index contributed by atoms with van der Waals surface area (Å²) in [6.07, 6.45) is 2.35. The van der Waals surface area contributed by atoms with Crippen LogP contribution in [0.4, 0.5) is 0 Å². The fraction of sp³-hybridized carbons (Fsp3) is 0.385. The Morgan fingerprint density at radius 3 is 3.06 bits per heavy atom. The summed E-state index contributed by atoms with van der Waals surface area (Å²) in [5.74, 6) is 0. The maximum atomic E-state index is 9.42. The molecule has 0 spiro atoms. The van der Waals surface area contributed by atoms with Crippen LogP contribution in [0.3, 0.4) is 0 Å². The minimum Gasteiger partial charge on any atom is -0.387 e. The van der Waals surface area contributed by atoms with Crippen LogP contribution in [0.25, 0.3) is 0 Å². The maximum Gasteiger partial charge on any atom is 0.111 e. The number of aliphatic hydroxyl groups is 1. The molecule has 1 N–H and O–H groups in total. The molecule has 1 aliphatic rings. The van der Waals surface area contributed by atoms with Gasteiger partial charge in [0.2, 0.25) is 0 Å². The van der Waals surface area contributed by atoms with Gasteiger partial charge in [0, 0.05) is 10.1 Å². The first-order valence-electron chi connectivity index (χ1n) is 6.05. The van der Waals surface area contributed by atoms with Crippen molar-refractivity contribution >= 4 is 11.8 Å². The quantitative estimate of drug-likeness (QED) is 0.918. The van der Waals surface area contributed by atoms with Gasteiger partial charge in [0.25, 0.3) is 0 Å². The zero-order valence-corrected chi connectivity index (χ0v) is 11.0. The van der Waals surface area contributed by atoms with Crippen molar-refractivity contribution in [3.63, 3.8) is 0 Å². The first-order valence-corrected chi connectivity index (χ1v) is 6.93. The van der Waals surface area contributed by atoms with Crippen LogP contribution in [-0.4, -0.2) is 25.4 Å². The summed E-state index contributed by atoms with van der Waals surface area (Å²) in [5, 5.41) is 17.9. The van der Waals surface area contributed by atoms with Gasteiger partial charge in [-0.05, 0) is 25.0 Å². The highest BCUT2D eigenvalue weighted by Crippen LogP contribution is 2.37. The van der Waals surface area contributed by atoms with E-state index in [9.17, 15) is 5.11 Å². The Labute approximate surface area is 110 Å². The zero-order valence-electron chi connectivity index (χ0n) is 10.2. The second kappa shape index (κ2) is 4.74. The first-order chi connectivity index (χ1) is 8.72. The van der Waals surface area contributed by atoms with E-state index in [-0.39, 0.29) is 0 Å². The van der Waals surface area contributed by atoms with Crippen molar-refractivity contribution in [1.82, 2.24) is 15.0 Å². The molecule has 1 aromatic carbocycles. The monoisotopic (exact) mass is 261 g/mol. The zero-order chi connectivity index (χ0) is 12.5. The van der Waals surface area contributed by atoms with Crippen LogP contribution in [0.2, 0.25) is 0 Å². The summed E-state index contributed by atoms with van der Waals surface area (Å²) < 4.78 is 1.82. The lowest BCUT2D eigenvalue weighted by molar-refractivity contribution is 0.194. The van der Waals surface area contributed by atoms with E-state index in [0.717, 1.165) is 13.0 Å². The van der Waals surface area contributed by atoms with Gasteiger partial charge in [-0.1, -0.05) is 23.4 Å². The third kappa shape index (κ3) is 2.28. The molecule has 2 heterocycles. The van der Waals surface area contributed by atoms with E-state index in [0.29, 0.717) is 10.9 Å². The Balaban J connectivity index is 1.68. The van der Waals surface area contributed by atoms with Gasteiger partial charge in [0.1, 0.15) is 5.69 Å². The Kier molecular flexibility index (Phi) is 3.09. The highest BCUT2D eigenvalue weighted by molar-refractivity contribution is 8.00. The molecule has 1 aliphatic heterocycles. The standard InChI is InChI=1S/C13H15N3OS/c1-9(17)12-8-16(15-14-12)7-11-6-10-4-2-3-5-13(10)18-11/h2-5,8-9,11,17H,6-7H2,1H3. The van der Waals surface area contributed by atoms with E-state index in [1.807, 2.05) is 22.6 Å². The summed E-state index contributed by atoms with van der Waals surface area (Å²) >= 11 is 1.90. The van der Waals surface area contributed by atoms with Crippen molar-refractivity contribution in [1.29, 1.82) is 0 Å². The molecule has 0 amide bonds. The number of hydrogen-bond acceptors (Lipinski definition) is 4. The van der Waals surface area contributed by atoms with E-state index in [1.165, 1.54) is 10.5 Å². The van der Waals surface area contributed by atoms with Crippen molar-refractivity contribution in [2.45, 2.75) is 36.1 Å². The van der Waals surface area contributed by atoms with Crippen molar-refractivity contribution in [3.05, 3.63) is 41.7 Å². The molecule has 2 aromatic rings. The average molecular weight is 261 g/mol. The van der Waals surface area contributed by atoms with Crippen LogP contribution in [0.5, 0.6) is 0 Å². The van der Waals surface area contributed by atoms with Gasteiger partial charge in [-0.25, -0.2) is 0 Å². The lowest BCUT2D eigenvalue weighted by Gasteiger charge is -2.07. The fourth-order valence-electron chi connectivity index (χ4n) is 2.16. The van der Waals surface area contributed by atoms with E-state index in [1.54, 1.807) is 6.92 Å². The van der Waals surface area contributed by atoms with Crippen molar-refractivity contribution in [3.8, 4) is 0 Å². The molecule has 0 aliphatic carbocycles. The third-order valence-corrected chi connectivity index (χ3v) is 4.39. The number of benzene rings is 1. The first kappa shape index (κ1) is 11.7. The smallest absolute Gasteiger partial charge is 0.111 e. The number of rotatable bonds is 3. The molecule has 0 saturated carbocycles. The summed E-state index contributed by atoms with van der Waals surface area (Å²) in [5.41, 5.74) is 2.05. The molecule has 4 nitrogen and oxygen atoms in total. The summed E-state index contributed by atoms with van der Waals surface area (Å²) in [6.45, 7) is 2.54. The number of hydrogen-bond donors (Lipinski definition) is 1. The van der Waals surface area contributed by atoms with Crippen LogP contribution in [0.15, 0.2) is 35.4 Å². The lowest BCUT2D eigenvalue weighted by atomic mass is 10.1. The van der Waals surface area contributed by atoms with Crippen LogP contribution in [0, 0.1) is 0 Å². The van der Waals surface area contributed by atoms with Crippen molar-refractivity contribution in [2.24, 2.45) is 0 Å². The molecule has 0 bridgehead atoms. The number of aromatic nitrogens is 3. The predicted octanol–water partition coefficient (Wildman–Crippen LogP) is 2.05. The SMILES string of the molecule is CC(O)c1cn(CC2Cc3ccccc3S2)nn1. The maximum absolute atomic E-state index is 9.42. The molecule has 18 heavy (non-hydrogen) atoms. The Morgan fingerprint density at radius 2 is 2.33 bits per heavy atom. The molecule has 94 valence electrons. The van der Waals surface area contributed by atoms with Crippen LogP contribution >= 0.6 is 11.8 Å². The van der Waals surface area contributed by atoms with Crippen LogP contribution in [0.1, 0.15) is 24.3 Å². The van der Waals surface area contributed by atoms with Crippen molar-refractivity contribution in [2.75, 3.05) is 0 Å². The number of nitrogens with zero attached hydrogens (tertiary/aromatic N) is 3. The van der Waals surface area contributed by atoms with Crippen LogP contribution < -0.4 is 0 Å². The molecule has 0 radical (unpaired) electrons. The van der Waals surface area contributed by atoms with Crippen molar-refractivity contribution < 1.29 is 5.11 Å². The minimum absolute atomic E-state index is 0.506. The molecule has 2 atom stereocenters. The second-order valence-corrected chi connectivity index (χ2v) is 5.94. The second-order valence-electron chi connectivity index (χ2n) is 4.59. The Hall–Kier alpha value is -1.33. The summed E-state index contributed by atoms with van der Waals surface area (Å²) in [4.78, 5) is 1.37. The van der Waals surface area contributed by atoms with Gasteiger partial charge in [-0.3, -0.25) is 4.68 Å². The number of aliphatic hydroxyl groups excluding tert-OH is 1. The molecular weight excluding hydrogens is 246 g/mol. The van der Waals surface area contributed by atoms with Gasteiger partial charge >= 0.3 is 0 Å². The molecule has 0 fully saturated rings. The van der Waals surface area contributed by atoms with Crippen LogP contribution in [-0.2, 0) is 13.0 Å². The molecule has 5 heteroatoms. The summed E-state index contributed by atoms with van der Waals surface area (Å²) in [6, 6.07) is 8.52. The molecular formula is C13H15N3OS. The predicted molar refractivity (Wildman–Crippen MR) is 70.4 cm³/mol. The molecule has 3 rings (SSSR count). The van der Waals surface area contributed by atoms with E-state index < -0.39 is 6.10 Å². The minimum atomic E-state index is -0.549. The number of thioether (sulfide) groups is 1. The van der Waals surface area contributed by atoms with Gasteiger partial charge in [-0.2, -0.15) is 0 Å².